The van der Waals surface area contributed by atoms with E-state index in [0.29, 0.717) is 5.57 Å². The fourth-order valence-electron chi connectivity index (χ4n) is 3.96. The normalized spacial score (nSPS) is 39.1. The van der Waals surface area contributed by atoms with E-state index < -0.39 is 65.9 Å². The third kappa shape index (κ3) is 4.72. The summed E-state index contributed by atoms with van der Waals surface area (Å²) in [6, 6.07) is 0. The van der Waals surface area contributed by atoms with Gasteiger partial charge >= 0.3 is 23.9 Å². The van der Waals surface area contributed by atoms with Gasteiger partial charge in [-0.3, -0.25) is 4.79 Å². The second kappa shape index (κ2) is 9.11. The highest BCUT2D eigenvalue weighted by Gasteiger charge is 2.59. The molecular weight excluding hydrogens is 436 g/mol. The van der Waals surface area contributed by atoms with Crippen molar-refractivity contribution in [1.29, 1.82) is 0 Å². The standard InChI is InChI=1S/C23H28O10/c1-10-9-16-17(11(2)20(26)31-16)19(32-22(28)23(5)12(3)33-23)18(30-13(4)24)14(21(27)29-6)7-8-15(10)25/h7,9,12,15-19,25H,2,8H2,1,3-6H3/b10-9+,14-7+/t12-,15-,16+,17-,18-,19-,23-/m1/s1. The Morgan fingerprint density at radius 1 is 1.27 bits per heavy atom. The second-order valence-corrected chi connectivity index (χ2v) is 8.50. The van der Waals surface area contributed by atoms with Crippen LogP contribution in [0.15, 0.2) is 35.5 Å². The average Bonchev–Trinajstić information content (AvgIpc) is 3.28. The Balaban J connectivity index is 2.17. The summed E-state index contributed by atoms with van der Waals surface area (Å²) in [5, 5.41) is 10.5. The number of hydrogen-bond acceptors (Lipinski definition) is 10. The van der Waals surface area contributed by atoms with Gasteiger partial charge < -0.3 is 28.8 Å². The zero-order valence-electron chi connectivity index (χ0n) is 19.2. The molecule has 0 aromatic rings. The smallest absolute Gasteiger partial charge is 0.341 e. The molecule has 7 atom stereocenters. The van der Waals surface area contributed by atoms with Crippen LogP contribution in [0.4, 0.5) is 0 Å². The van der Waals surface area contributed by atoms with Gasteiger partial charge in [0.1, 0.15) is 6.10 Å². The summed E-state index contributed by atoms with van der Waals surface area (Å²) in [5.41, 5.74) is -0.948. The number of epoxide rings is 1. The lowest BCUT2D eigenvalue weighted by Crippen LogP contribution is -2.48. The SMILES string of the molecule is C=C1C(=O)O[C@H]2/C=C(\C)[C@H](O)C/C=C(/C(=O)OC)[C@@H](OC(C)=O)[C@H](OC(=O)[C@]3(C)O[C@@H]3C)[C@H]12. The van der Waals surface area contributed by atoms with Crippen molar-refractivity contribution in [3.05, 3.63) is 35.5 Å². The molecule has 1 aliphatic carbocycles. The van der Waals surface area contributed by atoms with Crippen LogP contribution in [0.3, 0.4) is 0 Å². The largest absolute Gasteiger partial charge is 0.466 e. The molecule has 0 amide bonds. The molecular formula is C23H28O10. The van der Waals surface area contributed by atoms with E-state index in [-0.39, 0.29) is 17.6 Å². The second-order valence-electron chi connectivity index (χ2n) is 8.50. The highest BCUT2D eigenvalue weighted by molar-refractivity contribution is 5.93. The summed E-state index contributed by atoms with van der Waals surface area (Å²) >= 11 is 0. The summed E-state index contributed by atoms with van der Waals surface area (Å²) in [6.45, 7) is 9.77. The van der Waals surface area contributed by atoms with Crippen molar-refractivity contribution >= 4 is 23.9 Å². The monoisotopic (exact) mass is 464 g/mol. The Morgan fingerprint density at radius 3 is 2.45 bits per heavy atom. The first-order valence-electron chi connectivity index (χ1n) is 10.5. The molecule has 0 aromatic carbocycles. The van der Waals surface area contributed by atoms with Crippen molar-refractivity contribution in [3.63, 3.8) is 0 Å². The summed E-state index contributed by atoms with van der Waals surface area (Å²) in [5.74, 6) is -4.14. The van der Waals surface area contributed by atoms with E-state index in [0.717, 1.165) is 14.0 Å². The third-order valence-electron chi connectivity index (χ3n) is 6.24. The summed E-state index contributed by atoms with van der Waals surface area (Å²) in [4.78, 5) is 50.1. The number of methoxy groups -OCH3 is 1. The minimum absolute atomic E-state index is 0.0324. The lowest BCUT2D eigenvalue weighted by molar-refractivity contribution is -0.173. The Bertz CT molecular complexity index is 947. The van der Waals surface area contributed by atoms with Crippen molar-refractivity contribution in [2.24, 2.45) is 5.92 Å². The van der Waals surface area contributed by atoms with E-state index in [2.05, 4.69) is 6.58 Å². The van der Waals surface area contributed by atoms with Crippen molar-refractivity contribution in [2.45, 2.75) is 70.2 Å². The maximum atomic E-state index is 13.0. The molecule has 0 spiro atoms. The van der Waals surface area contributed by atoms with Crippen molar-refractivity contribution in [3.8, 4) is 0 Å². The zero-order chi connectivity index (χ0) is 24.7. The molecule has 10 heteroatoms. The number of aliphatic hydroxyl groups is 1. The van der Waals surface area contributed by atoms with Gasteiger partial charge in [-0.25, -0.2) is 14.4 Å². The number of rotatable bonds is 4. The van der Waals surface area contributed by atoms with Crippen LogP contribution in [0.5, 0.6) is 0 Å². The van der Waals surface area contributed by atoms with Gasteiger partial charge in [-0.2, -0.15) is 0 Å². The van der Waals surface area contributed by atoms with Gasteiger partial charge in [0.2, 0.25) is 0 Å². The van der Waals surface area contributed by atoms with Crippen LogP contribution in [-0.2, 0) is 42.9 Å². The summed E-state index contributed by atoms with van der Waals surface area (Å²) in [7, 11) is 1.14. The number of aliphatic hydroxyl groups excluding tert-OH is 1. The van der Waals surface area contributed by atoms with E-state index in [1.807, 2.05) is 0 Å². The first-order valence-corrected chi connectivity index (χ1v) is 10.5. The Labute approximate surface area is 191 Å². The predicted octanol–water partition coefficient (Wildman–Crippen LogP) is 0.915. The number of esters is 4. The molecule has 1 N–H and O–H groups in total. The Morgan fingerprint density at radius 2 is 1.91 bits per heavy atom. The third-order valence-corrected chi connectivity index (χ3v) is 6.24. The molecule has 2 heterocycles. The van der Waals surface area contributed by atoms with Crippen LogP contribution in [0.25, 0.3) is 0 Å². The van der Waals surface area contributed by atoms with Gasteiger partial charge in [0.05, 0.1) is 30.8 Å². The quantitative estimate of drug-likeness (QED) is 0.210. The highest BCUT2D eigenvalue weighted by Crippen LogP contribution is 2.41. The van der Waals surface area contributed by atoms with Gasteiger partial charge in [-0.1, -0.05) is 12.7 Å². The number of ether oxygens (including phenoxy) is 5. The Hall–Kier alpha value is -2.98. The maximum Gasteiger partial charge on any atom is 0.341 e. The summed E-state index contributed by atoms with van der Waals surface area (Å²) < 4.78 is 26.9. The van der Waals surface area contributed by atoms with Crippen molar-refractivity contribution < 1.29 is 48.0 Å². The fraction of sp³-hybridized carbons (Fsp3) is 0.565. The number of carbonyl (C=O) groups is 4. The Kier molecular flexibility index (Phi) is 6.80. The number of hydrogen-bond donors (Lipinski definition) is 1. The van der Waals surface area contributed by atoms with Crippen LogP contribution >= 0.6 is 0 Å². The molecule has 0 aromatic heterocycles. The van der Waals surface area contributed by atoms with Gasteiger partial charge in [-0.15, -0.1) is 0 Å². The van der Waals surface area contributed by atoms with Gasteiger partial charge in [0.25, 0.3) is 0 Å². The molecule has 2 saturated heterocycles. The molecule has 3 aliphatic rings. The topological polar surface area (TPSA) is 138 Å². The van der Waals surface area contributed by atoms with E-state index in [4.69, 9.17) is 23.7 Å². The van der Waals surface area contributed by atoms with Crippen LogP contribution in [0, 0.1) is 5.92 Å². The molecule has 0 saturated carbocycles. The van der Waals surface area contributed by atoms with E-state index in [9.17, 15) is 24.3 Å². The van der Waals surface area contributed by atoms with Gasteiger partial charge in [-0.05, 0) is 38.8 Å². The maximum absolute atomic E-state index is 13.0. The van der Waals surface area contributed by atoms with Crippen molar-refractivity contribution in [1.82, 2.24) is 0 Å². The van der Waals surface area contributed by atoms with Crippen LogP contribution in [0.2, 0.25) is 0 Å². The number of fused-ring (bicyclic) bond motifs is 1. The zero-order valence-corrected chi connectivity index (χ0v) is 19.2. The molecule has 2 aliphatic heterocycles. The van der Waals surface area contributed by atoms with Crippen LogP contribution in [0.1, 0.15) is 34.1 Å². The predicted molar refractivity (Wildman–Crippen MR) is 111 cm³/mol. The van der Waals surface area contributed by atoms with Gasteiger partial charge in [0.15, 0.2) is 17.8 Å². The molecule has 180 valence electrons. The van der Waals surface area contributed by atoms with Crippen LogP contribution < -0.4 is 0 Å². The van der Waals surface area contributed by atoms with Gasteiger partial charge in [0, 0.05) is 12.5 Å². The first-order chi connectivity index (χ1) is 15.4. The number of carbonyl (C=O) groups excluding carboxylic acids is 4. The molecule has 0 radical (unpaired) electrons. The van der Waals surface area contributed by atoms with E-state index >= 15 is 0 Å². The lowest BCUT2D eigenvalue weighted by Gasteiger charge is -2.34. The average molecular weight is 464 g/mol. The van der Waals surface area contributed by atoms with E-state index in [1.54, 1.807) is 20.8 Å². The molecule has 10 nitrogen and oxygen atoms in total. The molecule has 0 bridgehead atoms. The minimum atomic E-state index is -1.46. The first kappa shape index (κ1) is 24.7. The highest BCUT2D eigenvalue weighted by atomic mass is 16.7. The van der Waals surface area contributed by atoms with E-state index in [1.165, 1.54) is 12.2 Å². The molecule has 33 heavy (non-hydrogen) atoms. The molecule has 3 rings (SSSR count). The van der Waals surface area contributed by atoms with Crippen LogP contribution in [-0.4, -0.2) is 72.2 Å². The lowest BCUT2D eigenvalue weighted by atomic mass is 9.83. The molecule has 2 fully saturated rings. The fourth-order valence-corrected chi connectivity index (χ4v) is 3.96. The molecule has 0 unspecified atom stereocenters. The summed E-state index contributed by atoms with van der Waals surface area (Å²) in [6.07, 6.45) is -2.39. The van der Waals surface area contributed by atoms with Crippen molar-refractivity contribution in [2.75, 3.05) is 7.11 Å². The minimum Gasteiger partial charge on any atom is -0.466 e.